The van der Waals surface area contributed by atoms with Crippen molar-refractivity contribution in [1.29, 1.82) is 0 Å². The second kappa shape index (κ2) is 11.4. The van der Waals surface area contributed by atoms with E-state index in [0.717, 1.165) is 29.4 Å². The van der Waals surface area contributed by atoms with Gasteiger partial charge in [0.05, 0.1) is 22.0 Å². The summed E-state index contributed by atoms with van der Waals surface area (Å²) in [5.74, 6) is 1.40. The molecule has 7 nitrogen and oxygen atoms in total. The van der Waals surface area contributed by atoms with E-state index in [1.165, 1.54) is 11.8 Å². The van der Waals surface area contributed by atoms with Crippen LogP contribution < -0.4 is 10.1 Å². The van der Waals surface area contributed by atoms with E-state index in [9.17, 15) is 4.79 Å². The highest BCUT2D eigenvalue weighted by Crippen LogP contribution is 2.29. The zero-order valence-corrected chi connectivity index (χ0v) is 20.6. The number of nitrogens with zero attached hydrogens (tertiary/aromatic N) is 4. The number of pyridine rings is 1. The van der Waals surface area contributed by atoms with Crippen LogP contribution in [0.15, 0.2) is 66.0 Å². The minimum Gasteiger partial charge on any atom is -0.484 e. The van der Waals surface area contributed by atoms with Crippen LogP contribution in [0.5, 0.6) is 5.75 Å². The molecule has 0 bridgehead atoms. The molecule has 0 saturated carbocycles. The van der Waals surface area contributed by atoms with Crippen molar-refractivity contribution in [3.8, 4) is 5.75 Å². The zero-order valence-electron chi connectivity index (χ0n) is 19.1. The number of rotatable bonds is 10. The fourth-order valence-electron chi connectivity index (χ4n) is 3.76. The second-order valence-electron chi connectivity index (χ2n) is 7.67. The summed E-state index contributed by atoms with van der Waals surface area (Å²) in [4.78, 5) is 17.1. The van der Waals surface area contributed by atoms with Crippen LogP contribution in [0.2, 0.25) is 5.02 Å². The van der Waals surface area contributed by atoms with E-state index < -0.39 is 0 Å². The zero-order chi connectivity index (χ0) is 23.9. The predicted molar refractivity (Wildman–Crippen MR) is 137 cm³/mol. The van der Waals surface area contributed by atoms with Gasteiger partial charge in [-0.1, -0.05) is 55.4 Å². The fourth-order valence-corrected chi connectivity index (χ4v) is 4.77. The van der Waals surface area contributed by atoms with Crippen molar-refractivity contribution in [3.63, 3.8) is 0 Å². The molecule has 2 aromatic carbocycles. The molecule has 1 amide bonds. The van der Waals surface area contributed by atoms with Gasteiger partial charge < -0.3 is 14.6 Å². The van der Waals surface area contributed by atoms with E-state index in [1.807, 2.05) is 48.5 Å². The molecule has 0 unspecified atom stereocenters. The Morgan fingerprint density at radius 2 is 1.91 bits per heavy atom. The van der Waals surface area contributed by atoms with E-state index in [-0.39, 0.29) is 24.3 Å². The third-order valence-corrected chi connectivity index (χ3v) is 6.74. The van der Waals surface area contributed by atoms with Crippen LogP contribution in [0.25, 0.3) is 10.9 Å². The number of hydrogen-bond acceptors (Lipinski definition) is 6. The number of halogens is 1. The van der Waals surface area contributed by atoms with Crippen LogP contribution in [0.3, 0.4) is 0 Å². The maximum Gasteiger partial charge on any atom is 0.234 e. The Morgan fingerprint density at radius 3 is 2.71 bits per heavy atom. The third kappa shape index (κ3) is 5.51. The number of ether oxygens (including phenoxy) is 1. The van der Waals surface area contributed by atoms with Gasteiger partial charge >= 0.3 is 0 Å². The maximum atomic E-state index is 12.8. The number of hydrogen-bond donors (Lipinski definition) is 1. The SMILES string of the molecule is CCC(CC)n1c(COc2ccccc2Cl)nnc1SCC(=O)Nc1cccc2ncccc12. The molecule has 0 aliphatic carbocycles. The van der Waals surface area contributed by atoms with Crippen molar-refractivity contribution < 1.29 is 9.53 Å². The number of amides is 1. The highest BCUT2D eigenvalue weighted by molar-refractivity contribution is 7.99. The standard InChI is InChI=1S/C25H26ClN5O2S/c1-3-17(4-2)31-23(15-33-22-13-6-5-10-19(22)26)29-30-25(31)34-16-24(32)28-21-12-7-11-20-18(21)9-8-14-27-20/h5-14,17H,3-4,15-16H2,1-2H3,(H,28,32). The van der Waals surface area contributed by atoms with E-state index >= 15 is 0 Å². The molecule has 176 valence electrons. The first-order valence-electron chi connectivity index (χ1n) is 11.2. The van der Waals surface area contributed by atoms with Crippen LogP contribution >= 0.6 is 23.4 Å². The van der Waals surface area contributed by atoms with Crippen molar-refractivity contribution in [2.45, 2.75) is 44.5 Å². The second-order valence-corrected chi connectivity index (χ2v) is 9.02. The largest absolute Gasteiger partial charge is 0.484 e. The molecule has 9 heteroatoms. The summed E-state index contributed by atoms with van der Waals surface area (Å²) in [6, 6.07) is 17.0. The summed E-state index contributed by atoms with van der Waals surface area (Å²) in [5, 5.41) is 13.9. The summed E-state index contributed by atoms with van der Waals surface area (Å²) in [6.45, 7) is 4.49. The summed E-state index contributed by atoms with van der Waals surface area (Å²) in [5.41, 5.74) is 1.58. The molecule has 4 rings (SSSR count). The molecule has 0 radical (unpaired) electrons. The first-order valence-corrected chi connectivity index (χ1v) is 12.5. The number of benzene rings is 2. The Labute approximate surface area is 207 Å². The number of fused-ring (bicyclic) bond motifs is 1. The molecule has 2 heterocycles. The van der Waals surface area contributed by atoms with Crippen LogP contribution in [-0.2, 0) is 11.4 Å². The summed E-state index contributed by atoms with van der Waals surface area (Å²) < 4.78 is 7.99. The Balaban J connectivity index is 1.47. The molecule has 0 fully saturated rings. The molecule has 4 aromatic rings. The minimum atomic E-state index is -0.116. The van der Waals surface area contributed by atoms with Gasteiger partial charge in [-0.25, -0.2) is 0 Å². The Bertz CT molecular complexity index is 1270. The van der Waals surface area contributed by atoms with Gasteiger partial charge in [0.1, 0.15) is 12.4 Å². The molecule has 0 aliphatic heterocycles. The van der Waals surface area contributed by atoms with E-state index in [1.54, 1.807) is 12.3 Å². The van der Waals surface area contributed by atoms with Crippen molar-refractivity contribution in [3.05, 3.63) is 71.6 Å². The molecule has 0 saturated heterocycles. The van der Waals surface area contributed by atoms with Crippen molar-refractivity contribution in [2.75, 3.05) is 11.1 Å². The lowest BCUT2D eigenvalue weighted by Gasteiger charge is -2.19. The summed E-state index contributed by atoms with van der Waals surface area (Å²) in [6.07, 6.45) is 3.56. The number of anilines is 1. The minimum absolute atomic E-state index is 0.116. The number of thioether (sulfide) groups is 1. The lowest BCUT2D eigenvalue weighted by atomic mass is 10.2. The monoisotopic (exact) mass is 495 g/mol. The molecule has 2 aromatic heterocycles. The Morgan fingerprint density at radius 1 is 1.09 bits per heavy atom. The number of carbonyl (C=O) groups excluding carboxylic acids is 1. The van der Waals surface area contributed by atoms with Gasteiger partial charge in [-0.15, -0.1) is 10.2 Å². The first kappa shape index (κ1) is 24.0. The van der Waals surface area contributed by atoms with Gasteiger partial charge in [-0.3, -0.25) is 9.78 Å². The van der Waals surface area contributed by atoms with Crippen molar-refractivity contribution >= 4 is 45.9 Å². The lowest BCUT2D eigenvalue weighted by Crippen LogP contribution is -2.17. The maximum absolute atomic E-state index is 12.8. The van der Waals surface area contributed by atoms with Gasteiger partial charge in [0.2, 0.25) is 5.91 Å². The quantitative estimate of drug-likeness (QED) is 0.266. The van der Waals surface area contributed by atoms with Gasteiger partial charge in [-0.2, -0.15) is 0 Å². The average Bonchev–Trinajstić information content (AvgIpc) is 3.26. The third-order valence-electron chi connectivity index (χ3n) is 5.49. The lowest BCUT2D eigenvalue weighted by molar-refractivity contribution is -0.113. The van der Waals surface area contributed by atoms with E-state index in [0.29, 0.717) is 21.8 Å². The molecular weight excluding hydrogens is 470 g/mol. The molecular formula is C25H26ClN5O2S. The van der Waals surface area contributed by atoms with Crippen LogP contribution in [0, 0.1) is 0 Å². The highest BCUT2D eigenvalue weighted by Gasteiger charge is 2.20. The van der Waals surface area contributed by atoms with Crippen LogP contribution in [0.1, 0.15) is 38.6 Å². The number of carbonyl (C=O) groups is 1. The van der Waals surface area contributed by atoms with Crippen molar-refractivity contribution in [1.82, 2.24) is 19.7 Å². The van der Waals surface area contributed by atoms with Gasteiger partial charge in [0.15, 0.2) is 11.0 Å². The van der Waals surface area contributed by atoms with Gasteiger partial charge in [0.25, 0.3) is 0 Å². The molecule has 1 N–H and O–H groups in total. The number of aromatic nitrogens is 4. The number of nitrogens with one attached hydrogen (secondary N) is 1. The Hall–Kier alpha value is -3.10. The molecule has 0 atom stereocenters. The highest BCUT2D eigenvalue weighted by atomic mass is 35.5. The molecule has 0 aliphatic rings. The van der Waals surface area contributed by atoms with Crippen LogP contribution in [-0.4, -0.2) is 31.4 Å². The fraction of sp³-hybridized carbons (Fsp3) is 0.280. The summed E-state index contributed by atoms with van der Waals surface area (Å²) in [7, 11) is 0. The normalized spacial score (nSPS) is 11.2. The summed E-state index contributed by atoms with van der Waals surface area (Å²) >= 11 is 7.58. The predicted octanol–water partition coefficient (Wildman–Crippen LogP) is 6.15. The van der Waals surface area contributed by atoms with Crippen LogP contribution in [0.4, 0.5) is 5.69 Å². The topological polar surface area (TPSA) is 81.9 Å². The van der Waals surface area contributed by atoms with E-state index in [2.05, 4.69) is 38.9 Å². The Kier molecular flexibility index (Phi) is 8.03. The first-order chi connectivity index (χ1) is 16.6. The molecule has 0 spiro atoms. The van der Waals surface area contributed by atoms with Gasteiger partial charge in [-0.05, 0) is 49.2 Å². The van der Waals surface area contributed by atoms with Crippen molar-refractivity contribution in [2.24, 2.45) is 0 Å². The van der Waals surface area contributed by atoms with E-state index in [4.69, 9.17) is 16.3 Å². The smallest absolute Gasteiger partial charge is 0.234 e. The average molecular weight is 496 g/mol. The number of para-hydroxylation sites is 1. The molecule has 34 heavy (non-hydrogen) atoms. The van der Waals surface area contributed by atoms with Gasteiger partial charge in [0, 0.05) is 17.6 Å².